The summed E-state index contributed by atoms with van der Waals surface area (Å²) in [6, 6.07) is 23.6. The van der Waals surface area contributed by atoms with Gasteiger partial charge < -0.3 is 10.2 Å². The molecule has 0 unspecified atom stereocenters. The largest absolute Gasteiger partial charge is 0.867 e. The Labute approximate surface area is 261 Å². The molecule has 0 spiro atoms. The number of benzene rings is 6. The first-order chi connectivity index (χ1) is 22.0. The van der Waals surface area contributed by atoms with Gasteiger partial charge in [-0.05, 0) is 64.7 Å². The predicted octanol–water partition coefficient (Wildman–Crippen LogP) is 6.01. The minimum Gasteiger partial charge on any atom is -0.867 e. The van der Waals surface area contributed by atoms with E-state index in [1.54, 1.807) is 18.2 Å². The molecule has 0 saturated carbocycles. The molecule has 13 heteroatoms. The van der Waals surface area contributed by atoms with Gasteiger partial charge in [-0.15, -0.1) is 0 Å². The van der Waals surface area contributed by atoms with E-state index in [4.69, 9.17) is 5.39 Å². The van der Waals surface area contributed by atoms with Crippen molar-refractivity contribution < 1.29 is 31.8 Å². The summed E-state index contributed by atoms with van der Waals surface area (Å²) >= 11 is 0. The molecule has 0 aromatic heterocycles. The van der Waals surface area contributed by atoms with Crippen LogP contribution in [0.4, 0.5) is 11.4 Å². The summed E-state index contributed by atoms with van der Waals surface area (Å²) in [7, 11) is -9.25. The van der Waals surface area contributed by atoms with Crippen LogP contribution in [0.15, 0.2) is 129 Å². The Morgan fingerprint density at radius 2 is 1.07 bits per heavy atom. The maximum absolute atomic E-state index is 14.4. The number of fused-ring (bicyclic) bond motifs is 2. The Balaban J connectivity index is 1.62. The number of carbonyl (C=O) groups is 1. The minimum absolute atomic E-state index is 0.0101. The van der Waals surface area contributed by atoms with Crippen LogP contribution in [0.25, 0.3) is 31.5 Å². The van der Waals surface area contributed by atoms with E-state index in [0.29, 0.717) is 0 Å². The summed E-state index contributed by atoms with van der Waals surface area (Å²) in [6.45, 7) is 0. The van der Waals surface area contributed by atoms with E-state index in [2.05, 4.69) is 9.95 Å². The van der Waals surface area contributed by atoms with Crippen molar-refractivity contribution in [3.8, 4) is 11.5 Å². The predicted molar refractivity (Wildman–Crippen MR) is 163 cm³/mol. The normalized spacial score (nSPS) is 11.6. The molecule has 0 heterocycles. The number of carbonyl (C=O) groups excluding carboxylic acids is 1. The zero-order valence-electron chi connectivity index (χ0n) is 23.4. The maximum Gasteiger partial charge on any atom is 0.378 e. The van der Waals surface area contributed by atoms with Gasteiger partial charge in [-0.25, -0.2) is 16.8 Å². The van der Waals surface area contributed by atoms with Crippen LogP contribution >= 0.6 is 0 Å². The van der Waals surface area contributed by atoms with Crippen LogP contribution in [0.5, 0.6) is 11.5 Å². The van der Waals surface area contributed by atoms with Crippen LogP contribution in [-0.4, -0.2) is 22.6 Å². The summed E-state index contributed by atoms with van der Waals surface area (Å²) < 4.78 is 57.0. The number of nitrogens with zero attached hydrogens (tertiary/aromatic N) is 4. The van der Waals surface area contributed by atoms with Gasteiger partial charge in [0.05, 0.1) is 19.6 Å². The molecule has 11 nitrogen and oxygen atoms in total. The van der Waals surface area contributed by atoms with Crippen LogP contribution in [0.1, 0.15) is 15.9 Å². The zero-order valence-corrected chi connectivity index (χ0v) is 25.0. The van der Waals surface area contributed by atoms with Crippen molar-refractivity contribution >= 4 is 58.4 Å². The average molecular weight is 647 g/mol. The molecule has 0 aliphatic carbocycles. The zero-order chi connectivity index (χ0) is 32.8. The lowest BCUT2D eigenvalue weighted by Crippen LogP contribution is -2.13. The number of hydrogen-bond donors (Lipinski definition) is 0. The van der Waals surface area contributed by atoms with Crippen molar-refractivity contribution in [2.75, 3.05) is 0 Å². The van der Waals surface area contributed by atoms with Crippen molar-refractivity contribution in [3.63, 3.8) is 0 Å². The van der Waals surface area contributed by atoms with Gasteiger partial charge in [-0.3, -0.25) is 4.79 Å². The molecule has 6 rings (SSSR count). The third kappa shape index (κ3) is 4.68. The molecule has 0 saturated heterocycles. The highest BCUT2D eigenvalue weighted by atomic mass is 32.2. The van der Waals surface area contributed by atoms with E-state index in [0.717, 1.165) is 30.3 Å². The Morgan fingerprint density at radius 3 is 1.59 bits per heavy atom. The summed E-state index contributed by atoms with van der Waals surface area (Å²) in [5.74, 6) is -2.15. The SMILES string of the molecule is N#[N+]c1ccc2c(S(=O)(=O)c3ccc(C(=O)c4ccccc4)c(S(=O)(=O)c4cccc5c([O-])c([N+]#N)ccc45)c3)cccc2c1[O-]. The third-order valence-electron chi connectivity index (χ3n) is 7.53. The lowest BCUT2D eigenvalue weighted by molar-refractivity contribution is -0.265. The number of rotatable bonds is 6. The van der Waals surface area contributed by atoms with E-state index >= 15 is 0 Å². The van der Waals surface area contributed by atoms with Gasteiger partial charge in [0.2, 0.25) is 30.5 Å². The van der Waals surface area contributed by atoms with E-state index in [9.17, 15) is 37.2 Å². The van der Waals surface area contributed by atoms with Gasteiger partial charge in [0.15, 0.2) is 15.7 Å². The molecule has 0 radical (unpaired) electrons. The Morgan fingerprint density at radius 1 is 0.543 bits per heavy atom. The van der Waals surface area contributed by atoms with Crippen molar-refractivity contribution in [3.05, 3.63) is 130 Å². The highest BCUT2D eigenvalue weighted by Gasteiger charge is 2.31. The van der Waals surface area contributed by atoms with Gasteiger partial charge in [0.25, 0.3) is 0 Å². The molecule has 0 aliphatic rings. The maximum atomic E-state index is 14.4. The van der Waals surface area contributed by atoms with E-state index in [-0.39, 0.29) is 53.8 Å². The van der Waals surface area contributed by atoms with Crippen LogP contribution in [0.2, 0.25) is 0 Å². The monoisotopic (exact) mass is 646 g/mol. The van der Waals surface area contributed by atoms with Crippen molar-refractivity contribution in [2.45, 2.75) is 19.6 Å². The molecule has 0 atom stereocenters. The first-order valence-corrected chi connectivity index (χ1v) is 16.4. The fourth-order valence-corrected chi connectivity index (χ4v) is 8.54. The van der Waals surface area contributed by atoms with Crippen LogP contribution < -0.4 is 10.2 Å². The lowest BCUT2D eigenvalue weighted by atomic mass is 10.0. The molecule has 6 aromatic rings. The molecular weight excluding hydrogens is 629 g/mol. The van der Waals surface area contributed by atoms with Gasteiger partial charge in [-0.2, -0.15) is 0 Å². The van der Waals surface area contributed by atoms with Crippen LogP contribution in [-0.2, 0) is 19.7 Å². The topological polar surface area (TPSA) is 188 Å². The highest BCUT2D eigenvalue weighted by Crippen LogP contribution is 2.40. The fourth-order valence-electron chi connectivity index (χ4n) is 5.28. The Bertz CT molecular complexity index is 2570. The third-order valence-corrected chi connectivity index (χ3v) is 11.2. The fraction of sp³-hybridized carbons (Fsp3) is 0. The van der Waals surface area contributed by atoms with Gasteiger partial charge >= 0.3 is 11.4 Å². The van der Waals surface area contributed by atoms with Crippen molar-refractivity contribution in [1.82, 2.24) is 0 Å². The molecule has 0 N–H and O–H groups in total. The quantitative estimate of drug-likeness (QED) is 0.154. The van der Waals surface area contributed by atoms with Gasteiger partial charge in [0.1, 0.15) is 0 Å². The second-order valence-corrected chi connectivity index (χ2v) is 13.9. The number of sulfone groups is 2. The van der Waals surface area contributed by atoms with Crippen LogP contribution in [0, 0.1) is 10.8 Å². The summed E-state index contributed by atoms with van der Waals surface area (Å²) in [5, 5.41) is 43.7. The second-order valence-electron chi connectivity index (χ2n) is 10.1. The number of diazo groups is 2. The van der Waals surface area contributed by atoms with E-state index in [1.807, 2.05) is 0 Å². The number of ketones is 1. The molecule has 0 amide bonds. The minimum atomic E-state index is -4.72. The van der Waals surface area contributed by atoms with Gasteiger partial charge in [0, 0.05) is 34.0 Å². The smallest absolute Gasteiger partial charge is 0.378 e. The molecule has 0 aliphatic heterocycles. The molecular formula is C33H18N4O7S2. The van der Waals surface area contributed by atoms with E-state index < -0.39 is 46.7 Å². The standard InChI is InChI=1S/C33H18N4O7S2/c34-36-26-16-14-21-23(32(26)39)8-4-10-28(21)45(41,42)20-12-13-25(31(38)19-6-2-1-3-7-19)30(18-20)46(43,44)29-11-5-9-24-22(29)15-17-27(37-35)33(24)40/h1-18H. The van der Waals surface area contributed by atoms with Crippen molar-refractivity contribution in [2.24, 2.45) is 0 Å². The van der Waals surface area contributed by atoms with E-state index in [1.165, 1.54) is 60.7 Å². The number of hydrogen-bond acceptors (Lipinski definition) is 9. The highest BCUT2D eigenvalue weighted by molar-refractivity contribution is 7.92. The lowest BCUT2D eigenvalue weighted by Gasteiger charge is -2.16. The molecule has 224 valence electrons. The Hall–Kier alpha value is -6.15. The van der Waals surface area contributed by atoms with Gasteiger partial charge in [-0.1, -0.05) is 54.6 Å². The average Bonchev–Trinajstić information content (AvgIpc) is 3.08. The molecule has 0 fully saturated rings. The van der Waals surface area contributed by atoms with Crippen molar-refractivity contribution in [1.29, 1.82) is 10.8 Å². The molecule has 0 bridgehead atoms. The Kier molecular flexibility index (Phi) is 7.21. The summed E-state index contributed by atoms with van der Waals surface area (Å²) in [6.07, 6.45) is 0. The first-order valence-electron chi connectivity index (χ1n) is 13.4. The molecule has 6 aromatic carbocycles. The summed E-state index contributed by atoms with van der Waals surface area (Å²) in [5.41, 5.74) is -0.785. The second kappa shape index (κ2) is 11.1. The van der Waals surface area contributed by atoms with Crippen LogP contribution in [0.3, 0.4) is 0 Å². The molecule has 46 heavy (non-hydrogen) atoms. The first kappa shape index (κ1) is 29.9. The summed E-state index contributed by atoms with van der Waals surface area (Å²) in [4.78, 5) is 17.7.